The lowest BCUT2D eigenvalue weighted by Crippen LogP contribution is -2.59. The number of Topliss-reactive ketones (excluding diaryl/α,β-unsaturated/α-hetero) is 1. The summed E-state index contributed by atoms with van der Waals surface area (Å²) >= 11 is 0. The number of hydrogen-bond donors (Lipinski definition) is 5. The molecule has 14 heteroatoms. The molecule has 2 aliphatic carbocycles. The highest BCUT2D eigenvalue weighted by Crippen LogP contribution is 2.52. The molecule has 4 aliphatic rings. The molecule has 2 aliphatic heterocycles. The Bertz CT molecular complexity index is 1580. The molecule has 2 aromatic rings. The van der Waals surface area contributed by atoms with Crippen LogP contribution in [0.2, 0.25) is 0 Å². The van der Waals surface area contributed by atoms with Gasteiger partial charge in [-0.2, -0.15) is 0 Å². The minimum atomic E-state index is -2.26. The number of aliphatic hydroxyl groups excluding tert-OH is 2. The number of hydrogen-bond acceptors (Lipinski definition) is 14. The third-order valence-electron chi connectivity index (χ3n) is 9.53. The number of benzene rings is 2. The molecule has 6 rings (SSSR count). The van der Waals surface area contributed by atoms with E-state index in [2.05, 4.69) is 0 Å². The summed E-state index contributed by atoms with van der Waals surface area (Å²) in [6.45, 7) is 1.88. The van der Waals surface area contributed by atoms with E-state index >= 15 is 0 Å². The molecule has 1 unspecified atom stereocenters. The van der Waals surface area contributed by atoms with Crippen LogP contribution in [-0.2, 0) is 30.2 Å². The van der Waals surface area contributed by atoms with Crippen LogP contribution in [0.3, 0.4) is 0 Å². The van der Waals surface area contributed by atoms with Crippen molar-refractivity contribution in [3.8, 4) is 17.2 Å². The molecule has 0 saturated carbocycles. The van der Waals surface area contributed by atoms with Crippen LogP contribution in [0, 0.1) is 0 Å². The van der Waals surface area contributed by atoms with E-state index in [1.807, 2.05) is 4.90 Å². The number of aromatic hydroxyl groups is 2. The molecule has 14 nitrogen and oxygen atoms in total. The zero-order valence-corrected chi connectivity index (χ0v) is 25.6. The van der Waals surface area contributed by atoms with Gasteiger partial charge in [0.2, 0.25) is 5.78 Å². The van der Waals surface area contributed by atoms with Crippen LogP contribution in [0.15, 0.2) is 18.2 Å². The number of aliphatic hydroxyl groups is 3. The number of carbonyl (C=O) groups is 3. The molecule has 2 aromatic carbocycles. The smallest absolute Gasteiger partial charge is 0.202 e. The minimum absolute atomic E-state index is 0.0511. The van der Waals surface area contributed by atoms with Crippen molar-refractivity contribution in [3.63, 3.8) is 0 Å². The maximum Gasteiger partial charge on any atom is 0.202 e. The van der Waals surface area contributed by atoms with E-state index in [0.29, 0.717) is 19.7 Å². The van der Waals surface area contributed by atoms with Crippen LogP contribution in [0.5, 0.6) is 17.2 Å². The van der Waals surface area contributed by atoms with Gasteiger partial charge >= 0.3 is 0 Å². The molecule has 5 N–H and O–H groups in total. The zero-order valence-electron chi connectivity index (χ0n) is 25.6. The monoisotopic (exact) mass is 643 g/mol. The second-order valence-corrected chi connectivity index (χ2v) is 12.1. The number of fused-ring (bicyclic) bond motifs is 3. The van der Waals surface area contributed by atoms with Crippen molar-refractivity contribution in [2.45, 2.75) is 68.7 Å². The van der Waals surface area contributed by atoms with E-state index in [9.17, 15) is 39.9 Å². The lowest BCUT2D eigenvalue weighted by molar-refractivity contribution is -0.266. The minimum Gasteiger partial charge on any atom is -0.507 e. The number of morpholine rings is 1. The SMILES string of the molecule is COc1cccc2c1C(=O)c1c(O)c3c(c(O)c1C2=O)C[C@@](O)(C(=O)CO)C[C@@H]3OC1C[C@H](N2CCO[C@H](OC)C2)[C@H](O)[C@H](C)O1. The Morgan fingerprint density at radius 1 is 1.09 bits per heavy atom. The van der Waals surface area contributed by atoms with Crippen molar-refractivity contribution in [1.82, 2.24) is 4.90 Å². The van der Waals surface area contributed by atoms with Gasteiger partial charge in [-0.05, 0) is 13.0 Å². The van der Waals surface area contributed by atoms with Crippen LogP contribution in [-0.4, -0.2) is 125 Å². The van der Waals surface area contributed by atoms with E-state index in [4.69, 9.17) is 23.7 Å². The summed E-state index contributed by atoms with van der Waals surface area (Å²) in [6.07, 6.45) is -5.46. The lowest BCUT2D eigenvalue weighted by Gasteiger charge is -2.47. The van der Waals surface area contributed by atoms with E-state index < -0.39 is 102 Å². The third-order valence-corrected chi connectivity index (χ3v) is 9.53. The summed E-state index contributed by atoms with van der Waals surface area (Å²) in [7, 11) is 2.85. The topological polar surface area (TPSA) is 202 Å². The molecule has 248 valence electrons. The molecule has 0 spiro atoms. The maximum absolute atomic E-state index is 13.9. The molecule has 46 heavy (non-hydrogen) atoms. The van der Waals surface area contributed by atoms with Crippen molar-refractivity contribution < 1.29 is 63.6 Å². The molecule has 0 amide bonds. The standard InChI is InChI=1S/C32H37NO13/c1-14-27(36)17(33-7-8-44-22(12-33)43-3)9-21(45-14)46-19-11-32(41,20(35)13-34)10-16-24(19)31(40)26-25(29(16)38)28(37)15-5-4-6-18(42-2)23(15)30(26)39/h4-6,14,17,19,21-22,27,34,36,38,40-41H,7-13H2,1-3H3/t14-,17-,19-,21?,22-,27+,32-/m0/s1. The Morgan fingerprint density at radius 2 is 1.83 bits per heavy atom. The van der Waals surface area contributed by atoms with Gasteiger partial charge in [0.15, 0.2) is 24.1 Å². The molecule has 2 fully saturated rings. The number of phenols is 2. The van der Waals surface area contributed by atoms with Crippen LogP contribution in [0.4, 0.5) is 0 Å². The average Bonchev–Trinajstić information content (AvgIpc) is 3.05. The Kier molecular flexibility index (Phi) is 8.67. The van der Waals surface area contributed by atoms with Crippen molar-refractivity contribution in [3.05, 3.63) is 51.6 Å². The number of ether oxygens (including phenoxy) is 5. The van der Waals surface area contributed by atoms with Gasteiger partial charge in [0.05, 0.1) is 48.7 Å². The zero-order chi connectivity index (χ0) is 33.1. The quantitative estimate of drug-likeness (QED) is 0.221. The van der Waals surface area contributed by atoms with Crippen molar-refractivity contribution in [2.75, 3.05) is 40.5 Å². The molecular weight excluding hydrogens is 606 g/mol. The predicted molar refractivity (Wildman–Crippen MR) is 156 cm³/mol. The fourth-order valence-electron chi connectivity index (χ4n) is 7.14. The summed E-state index contributed by atoms with van der Waals surface area (Å²) in [5.74, 6) is -3.75. The number of rotatable bonds is 7. The van der Waals surface area contributed by atoms with Crippen LogP contribution < -0.4 is 4.74 Å². The Balaban J connectivity index is 1.43. The van der Waals surface area contributed by atoms with Crippen LogP contribution >= 0.6 is 0 Å². The Hall–Kier alpha value is -3.47. The molecule has 0 aromatic heterocycles. The van der Waals surface area contributed by atoms with E-state index in [1.165, 1.54) is 32.4 Å². The molecule has 0 radical (unpaired) electrons. The van der Waals surface area contributed by atoms with E-state index in [1.54, 1.807) is 6.92 Å². The van der Waals surface area contributed by atoms with Crippen molar-refractivity contribution in [1.29, 1.82) is 0 Å². The normalized spacial score (nSPS) is 31.2. The Morgan fingerprint density at radius 3 is 2.52 bits per heavy atom. The highest BCUT2D eigenvalue weighted by atomic mass is 16.7. The summed E-state index contributed by atoms with van der Waals surface area (Å²) in [5.41, 5.74) is -3.62. The lowest BCUT2D eigenvalue weighted by atomic mass is 9.72. The molecule has 2 saturated heterocycles. The van der Waals surface area contributed by atoms with Crippen LogP contribution in [0.1, 0.15) is 68.8 Å². The number of ketones is 3. The van der Waals surface area contributed by atoms with E-state index in [0.717, 1.165) is 0 Å². The first-order valence-electron chi connectivity index (χ1n) is 15.0. The van der Waals surface area contributed by atoms with Gasteiger partial charge in [0, 0.05) is 62.2 Å². The van der Waals surface area contributed by atoms with Gasteiger partial charge in [-0.15, -0.1) is 0 Å². The van der Waals surface area contributed by atoms with Crippen LogP contribution in [0.25, 0.3) is 0 Å². The van der Waals surface area contributed by atoms with Gasteiger partial charge in [-0.25, -0.2) is 0 Å². The van der Waals surface area contributed by atoms with Crippen molar-refractivity contribution in [2.24, 2.45) is 0 Å². The van der Waals surface area contributed by atoms with Gasteiger partial charge < -0.3 is 49.2 Å². The molecule has 0 bridgehead atoms. The van der Waals surface area contributed by atoms with E-state index in [-0.39, 0.29) is 34.4 Å². The fourth-order valence-corrected chi connectivity index (χ4v) is 7.14. The first-order chi connectivity index (χ1) is 21.9. The number of methoxy groups -OCH3 is 2. The van der Waals surface area contributed by atoms with Gasteiger partial charge in [0.1, 0.15) is 29.5 Å². The molecule has 7 atom stereocenters. The average molecular weight is 644 g/mol. The van der Waals surface area contributed by atoms with Gasteiger partial charge in [-0.3, -0.25) is 19.3 Å². The number of phenolic OH excluding ortho intramolecular Hbond substituents is 2. The van der Waals surface area contributed by atoms with Crippen molar-refractivity contribution >= 4 is 17.3 Å². The summed E-state index contributed by atoms with van der Waals surface area (Å²) in [4.78, 5) is 42.4. The Labute approximate surface area is 264 Å². The maximum atomic E-state index is 13.9. The largest absolute Gasteiger partial charge is 0.507 e. The highest BCUT2D eigenvalue weighted by molar-refractivity contribution is 6.31. The fraction of sp³-hybridized carbons (Fsp3) is 0.531. The predicted octanol–water partition coefficient (Wildman–Crippen LogP) is 0.347. The summed E-state index contributed by atoms with van der Waals surface area (Å²) in [6, 6.07) is 3.93. The first kappa shape index (κ1) is 32.5. The third kappa shape index (κ3) is 5.18. The summed E-state index contributed by atoms with van der Waals surface area (Å²) in [5, 5.41) is 55.5. The molecular formula is C32H37NO13. The van der Waals surface area contributed by atoms with Gasteiger partial charge in [-0.1, -0.05) is 12.1 Å². The first-order valence-corrected chi connectivity index (χ1v) is 15.0. The number of carbonyl (C=O) groups excluding carboxylic acids is 3. The molecule has 2 heterocycles. The number of nitrogens with zero attached hydrogens (tertiary/aromatic N) is 1. The highest BCUT2D eigenvalue weighted by Gasteiger charge is 2.50. The van der Waals surface area contributed by atoms with Gasteiger partial charge in [0.25, 0.3) is 0 Å². The second kappa shape index (κ2) is 12.3. The second-order valence-electron chi connectivity index (χ2n) is 12.1. The summed E-state index contributed by atoms with van der Waals surface area (Å²) < 4.78 is 28.6.